The molecule has 11 heteroatoms. The fraction of sp³-hybridized carbons (Fsp3) is 0.0800. The highest BCUT2D eigenvalue weighted by atomic mass is 35.5. The Balaban J connectivity index is 1.44. The molecule has 182 valence electrons. The van der Waals surface area contributed by atoms with Crippen LogP contribution in [0.25, 0.3) is 11.3 Å². The van der Waals surface area contributed by atoms with Crippen LogP contribution in [0.15, 0.2) is 89.0 Å². The van der Waals surface area contributed by atoms with Crippen molar-refractivity contribution in [3.8, 4) is 11.3 Å². The lowest BCUT2D eigenvalue weighted by atomic mass is 10.1. The summed E-state index contributed by atoms with van der Waals surface area (Å²) < 4.78 is 41.8. The molecule has 4 aromatic rings. The summed E-state index contributed by atoms with van der Waals surface area (Å²) in [4.78, 5) is 20.9. The Bertz CT molecular complexity index is 1570. The van der Waals surface area contributed by atoms with Crippen LogP contribution in [0, 0.1) is 5.82 Å². The second-order valence-corrected chi connectivity index (χ2v) is 11.1. The number of fused-ring (bicyclic) bond motifs is 3. The number of hydrogen-bond donors (Lipinski definition) is 1. The molecule has 0 unspecified atom stereocenters. The van der Waals surface area contributed by atoms with E-state index in [4.69, 9.17) is 11.6 Å². The molecule has 1 amide bonds. The van der Waals surface area contributed by atoms with Gasteiger partial charge in [0.1, 0.15) is 10.7 Å². The van der Waals surface area contributed by atoms with Crippen LogP contribution in [0.2, 0.25) is 5.02 Å². The van der Waals surface area contributed by atoms with Crippen molar-refractivity contribution in [3.63, 3.8) is 0 Å². The third-order valence-electron chi connectivity index (χ3n) is 5.39. The van der Waals surface area contributed by atoms with Crippen molar-refractivity contribution in [2.75, 3.05) is 15.4 Å². The molecule has 1 aliphatic heterocycles. The van der Waals surface area contributed by atoms with Crippen molar-refractivity contribution in [3.05, 3.63) is 95.4 Å². The second kappa shape index (κ2) is 9.88. The molecule has 1 N–H and O–H groups in total. The van der Waals surface area contributed by atoms with Gasteiger partial charge in [0.2, 0.25) is 5.91 Å². The van der Waals surface area contributed by atoms with Crippen molar-refractivity contribution in [1.82, 2.24) is 9.97 Å². The Hall–Kier alpha value is -3.47. The number of nitrogens with zero attached hydrogens (tertiary/aromatic N) is 3. The molecule has 0 bridgehead atoms. The van der Waals surface area contributed by atoms with Crippen molar-refractivity contribution in [2.24, 2.45) is 0 Å². The van der Waals surface area contributed by atoms with Crippen LogP contribution < -0.4 is 9.62 Å². The Morgan fingerprint density at radius 2 is 1.86 bits per heavy atom. The van der Waals surface area contributed by atoms with Gasteiger partial charge in [0.15, 0.2) is 5.16 Å². The molecule has 36 heavy (non-hydrogen) atoms. The van der Waals surface area contributed by atoms with Gasteiger partial charge in [0.25, 0.3) is 10.0 Å². The maximum atomic E-state index is 13.6. The van der Waals surface area contributed by atoms with Crippen LogP contribution in [0.5, 0.6) is 0 Å². The minimum Gasteiger partial charge on any atom is -0.325 e. The number of hydrogen-bond acceptors (Lipinski definition) is 6. The lowest BCUT2D eigenvalue weighted by Crippen LogP contribution is -2.34. The van der Waals surface area contributed by atoms with Gasteiger partial charge in [0.05, 0.1) is 29.9 Å². The molecule has 1 aliphatic rings. The summed E-state index contributed by atoms with van der Waals surface area (Å²) in [6.07, 6.45) is 1.26. The number of nitrogens with one attached hydrogen (secondary N) is 1. The number of aromatic nitrogens is 2. The first-order valence-corrected chi connectivity index (χ1v) is 13.5. The highest BCUT2D eigenvalue weighted by Crippen LogP contribution is 2.44. The molecular formula is C25H18ClFN4O3S2. The average Bonchev–Trinajstić information content (AvgIpc) is 2.86. The number of amides is 1. The van der Waals surface area contributed by atoms with Crippen molar-refractivity contribution >= 4 is 50.7 Å². The molecule has 0 fully saturated rings. The van der Waals surface area contributed by atoms with Gasteiger partial charge in [-0.2, -0.15) is 0 Å². The summed E-state index contributed by atoms with van der Waals surface area (Å²) in [5, 5.41) is 3.26. The van der Waals surface area contributed by atoms with Gasteiger partial charge in [-0.25, -0.2) is 22.8 Å². The van der Waals surface area contributed by atoms with Gasteiger partial charge in [-0.15, -0.1) is 0 Å². The van der Waals surface area contributed by atoms with Gasteiger partial charge in [0, 0.05) is 16.3 Å². The summed E-state index contributed by atoms with van der Waals surface area (Å²) in [5.74, 6) is -0.889. The minimum atomic E-state index is -3.96. The van der Waals surface area contributed by atoms with Crippen LogP contribution in [-0.2, 0) is 21.4 Å². The molecule has 1 aromatic heterocycles. The van der Waals surface area contributed by atoms with Gasteiger partial charge < -0.3 is 5.32 Å². The van der Waals surface area contributed by atoms with E-state index in [1.54, 1.807) is 24.3 Å². The molecule has 0 saturated carbocycles. The van der Waals surface area contributed by atoms with E-state index in [0.717, 1.165) is 17.3 Å². The first-order chi connectivity index (χ1) is 17.3. The molecule has 5 rings (SSSR count). The lowest BCUT2D eigenvalue weighted by Gasteiger charge is -2.31. The van der Waals surface area contributed by atoms with Crippen molar-refractivity contribution in [1.29, 1.82) is 0 Å². The zero-order valence-corrected chi connectivity index (χ0v) is 20.9. The van der Waals surface area contributed by atoms with E-state index in [0.29, 0.717) is 22.0 Å². The number of rotatable bonds is 6. The molecule has 0 atom stereocenters. The maximum absolute atomic E-state index is 13.6. The molecule has 2 heterocycles. The molecule has 0 saturated heterocycles. The normalized spacial score (nSPS) is 13.6. The van der Waals surface area contributed by atoms with Gasteiger partial charge in [-0.05, 0) is 42.0 Å². The fourth-order valence-corrected chi connectivity index (χ4v) is 6.13. The number of halogens is 2. The summed E-state index contributed by atoms with van der Waals surface area (Å²) in [5.41, 5.74) is 2.38. The molecule has 0 aliphatic carbocycles. The van der Waals surface area contributed by atoms with Crippen molar-refractivity contribution in [2.45, 2.75) is 16.6 Å². The summed E-state index contributed by atoms with van der Waals surface area (Å²) in [6, 6.07) is 19.8. The number of anilines is 2. The van der Waals surface area contributed by atoms with E-state index < -0.39 is 15.8 Å². The first kappa shape index (κ1) is 24.2. The smallest absolute Gasteiger partial charge is 0.268 e. The van der Waals surface area contributed by atoms with Gasteiger partial charge in [-0.3, -0.25) is 9.10 Å². The van der Waals surface area contributed by atoms with E-state index in [-0.39, 0.29) is 34.0 Å². The summed E-state index contributed by atoms with van der Waals surface area (Å²) in [7, 11) is -3.96. The molecule has 0 radical (unpaired) electrons. The van der Waals surface area contributed by atoms with Crippen molar-refractivity contribution < 1.29 is 17.6 Å². The molecule has 3 aromatic carbocycles. The van der Waals surface area contributed by atoms with Gasteiger partial charge >= 0.3 is 0 Å². The number of carbonyl (C=O) groups is 1. The topological polar surface area (TPSA) is 92.3 Å². The monoisotopic (exact) mass is 540 g/mol. The van der Waals surface area contributed by atoms with E-state index in [9.17, 15) is 17.6 Å². The SMILES string of the molecule is O=C(CSc1ncc2c(n1)-c1cc(Cl)ccc1N(Cc1ccccc1)S2(=O)=O)Nc1cccc(F)c1. The van der Waals surface area contributed by atoms with E-state index >= 15 is 0 Å². The molecule has 7 nitrogen and oxygen atoms in total. The zero-order chi connectivity index (χ0) is 25.3. The predicted molar refractivity (Wildman–Crippen MR) is 138 cm³/mol. The van der Waals surface area contributed by atoms with Gasteiger partial charge in [-0.1, -0.05) is 59.8 Å². The highest BCUT2D eigenvalue weighted by molar-refractivity contribution is 7.99. The van der Waals surface area contributed by atoms with Crippen LogP contribution in [0.3, 0.4) is 0 Å². The van der Waals surface area contributed by atoms with E-state index in [1.807, 2.05) is 30.3 Å². The number of benzene rings is 3. The average molecular weight is 541 g/mol. The third kappa shape index (κ3) is 4.92. The number of carbonyl (C=O) groups excluding carboxylic acids is 1. The Morgan fingerprint density at radius 3 is 2.64 bits per heavy atom. The zero-order valence-electron chi connectivity index (χ0n) is 18.6. The molecular weight excluding hydrogens is 523 g/mol. The van der Waals surface area contributed by atoms with Crippen LogP contribution in [0.1, 0.15) is 5.56 Å². The fourth-order valence-electron chi connectivity index (χ4n) is 3.78. The predicted octanol–water partition coefficient (Wildman–Crippen LogP) is 5.38. The van der Waals surface area contributed by atoms with Crippen LogP contribution in [-0.4, -0.2) is 30.0 Å². The Kier molecular flexibility index (Phi) is 6.65. The van der Waals surface area contributed by atoms with Crippen LogP contribution >= 0.6 is 23.4 Å². The second-order valence-electron chi connectivity index (χ2n) is 7.87. The standard InChI is InChI=1S/C25H18ClFN4O3S2/c26-17-9-10-21-20(11-17)24-22(36(33,34)31(21)14-16-5-2-1-3-6-16)13-28-25(30-24)35-15-23(32)29-19-8-4-7-18(27)12-19/h1-13H,14-15H2,(H,29,32). The van der Waals surface area contributed by atoms with E-state index in [1.165, 1.54) is 28.7 Å². The lowest BCUT2D eigenvalue weighted by molar-refractivity contribution is -0.113. The minimum absolute atomic E-state index is 0.0400. The first-order valence-electron chi connectivity index (χ1n) is 10.7. The third-order valence-corrected chi connectivity index (χ3v) is 8.25. The Labute approximate surface area is 216 Å². The summed E-state index contributed by atoms with van der Waals surface area (Å²) in [6.45, 7) is 0.133. The van der Waals surface area contributed by atoms with E-state index in [2.05, 4.69) is 15.3 Å². The molecule has 0 spiro atoms. The quantitative estimate of drug-likeness (QED) is 0.261. The highest BCUT2D eigenvalue weighted by Gasteiger charge is 2.37. The Morgan fingerprint density at radius 1 is 1.06 bits per heavy atom. The number of sulfonamides is 1. The largest absolute Gasteiger partial charge is 0.325 e. The maximum Gasteiger partial charge on any atom is 0.268 e. The number of thioether (sulfide) groups is 1. The summed E-state index contributed by atoms with van der Waals surface area (Å²) >= 11 is 7.29. The van der Waals surface area contributed by atoms with Crippen LogP contribution in [0.4, 0.5) is 15.8 Å².